The third-order valence-corrected chi connectivity index (χ3v) is 3.65. The predicted molar refractivity (Wildman–Crippen MR) is 62.6 cm³/mol. The zero-order valence-corrected chi connectivity index (χ0v) is 10.3. The molecule has 0 saturated heterocycles. The van der Waals surface area contributed by atoms with Crippen molar-refractivity contribution in [3.63, 3.8) is 0 Å². The Labute approximate surface area is 96.4 Å². The van der Waals surface area contributed by atoms with E-state index in [2.05, 4.69) is 4.72 Å². The van der Waals surface area contributed by atoms with E-state index < -0.39 is 10.0 Å². The minimum Gasteiger partial charge on any atom is -0.396 e. The van der Waals surface area contributed by atoms with Gasteiger partial charge < -0.3 is 5.11 Å². The molecule has 0 spiro atoms. The molecule has 0 heterocycles. The van der Waals surface area contributed by atoms with Gasteiger partial charge >= 0.3 is 0 Å². The number of nitrogens with one attached hydrogen (secondary N) is 1. The van der Waals surface area contributed by atoms with Gasteiger partial charge in [0.25, 0.3) is 0 Å². The Morgan fingerprint density at radius 3 is 2.69 bits per heavy atom. The fourth-order valence-electron chi connectivity index (χ4n) is 1.18. The summed E-state index contributed by atoms with van der Waals surface area (Å²) >= 11 is 0. The van der Waals surface area contributed by atoms with Crippen LogP contribution >= 0.6 is 0 Å². The van der Waals surface area contributed by atoms with E-state index in [0.717, 1.165) is 5.56 Å². The molecule has 0 saturated carbocycles. The number of aliphatic hydroxyl groups excluding tert-OH is 1. The summed E-state index contributed by atoms with van der Waals surface area (Å²) in [6, 6.07) is 6.72. The van der Waals surface area contributed by atoms with Crippen LogP contribution in [0.1, 0.15) is 12.5 Å². The first-order chi connectivity index (χ1) is 7.45. The Balaban J connectivity index is 2.78. The van der Waals surface area contributed by atoms with Crippen molar-refractivity contribution in [3.05, 3.63) is 29.8 Å². The third-order valence-electron chi connectivity index (χ3n) is 2.23. The van der Waals surface area contributed by atoms with Gasteiger partial charge in [0.15, 0.2) is 0 Å². The molecule has 0 aliphatic rings. The molecular weight excluding hydrogens is 226 g/mol. The van der Waals surface area contributed by atoms with E-state index in [0.29, 0.717) is 0 Å². The summed E-state index contributed by atoms with van der Waals surface area (Å²) in [5.74, 6) is -0.0837. The summed E-state index contributed by atoms with van der Waals surface area (Å²) in [7, 11) is -3.45. The van der Waals surface area contributed by atoms with E-state index in [1.165, 1.54) is 0 Å². The molecule has 0 bridgehead atoms. The molecule has 90 valence electrons. The molecule has 0 aliphatic carbocycles. The van der Waals surface area contributed by atoms with Crippen molar-refractivity contribution >= 4 is 10.0 Å². The number of aliphatic hydroxyl groups is 1. The third kappa shape index (κ3) is 3.59. The summed E-state index contributed by atoms with van der Waals surface area (Å²) in [4.78, 5) is 0.262. The average molecular weight is 243 g/mol. The second-order valence-electron chi connectivity index (χ2n) is 3.96. The Hall–Kier alpha value is -0.910. The van der Waals surface area contributed by atoms with Gasteiger partial charge in [0, 0.05) is 13.2 Å². The predicted octanol–water partition coefficient (Wildman–Crippen LogP) is 0.902. The molecule has 1 rings (SSSR count). The summed E-state index contributed by atoms with van der Waals surface area (Å²) in [5.41, 5.74) is 0.901. The zero-order valence-electron chi connectivity index (χ0n) is 9.47. The number of hydrogen-bond acceptors (Lipinski definition) is 3. The molecule has 0 amide bonds. The molecule has 1 aromatic carbocycles. The van der Waals surface area contributed by atoms with Crippen LogP contribution in [-0.2, 0) is 10.0 Å². The minimum absolute atomic E-state index is 0.0314. The second kappa shape index (κ2) is 5.43. The van der Waals surface area contributed by atoms with E-state index in [9.17, 15) is 8.42 Å². The summed E-state index contributed by atoms with van der Waals surface area (Å²) < 4.78 is 26.1. The van der Waals surface area contributed by atoms with Crippen LogP contribution in [0.15, 0.2) is 29.2 Å². The van der Waals surface area contributed by atoms with Crippen molar-refractivity contribution in [1.29, 1.82) is 0 Å². The van der Waals surface area contributed by atoms with Gasteiger partial charge in [0.2, 0.25) is 10.0 Å². The molecule has 0 fully saturated rings. The Morgan fingerprint density at radius 2 is 2.12 bits per heavy atom. The van der Waals surface area contributed by atoms with Crippen LogP contribution in [0.4, 0.5) is 0 Å². The van der Waals surface area contributed by atoms with Gasteiger partial charge in [-0.25, -0.2) is 13.1 Å². The van der Waals surface area contributed by atoms with Crippen LogP contribution < -0.4 is 4.72 Å². The SMILES string of the molecule is Cc1cccc(S(=O)(=O)NCC(C)CO)c1. The summed E-state index contributed by atoms with van der Waals surface area (Å²) in [6.45, 7) is 3.83. The summed E-state index contributed by atoms with van der Waals surface area (Å²) in [6.07, 6.45) is 0. The zero-order chi connectivity index (χ0) is 12.2. The van der Waals surface area contributed by atoms with Crippen LogP contribution in [0.25, 0.3) is 0 Å². The maximum Gasteiger partial charge on any atom is 0.240 e. The van der Waals surface area contributed by atoms with Gasteiger partial charge in [0.05, 0.1) is 4.90 Å². The van der Waals surface area contributed by atoms with Crippen molar-refractivity contribution in [2.24, 2.45) is 5.92 Å². The number of hydrogen-bond donors (Lipinski definition) is 2. The lowest BCUT2D eigenvalue weighted by Gasteiger charge is -2.10. The molecule has 16 heavy (non-hydrogen) atoms. The Morgan fingerprint density at radius 1 is 1.44 bits per heavy atom. The van der Waals surface area contributed by atoms with Crippen molar-refractivity contribution in [3.8, 4) is 0 Å². The lowest BCUT2D eigenvalue weighted by Crippen LogP contribution is -2.29. The molecule has 1 unspecified atom stereocenters. The maximum absolute atomic E-state index is 11.8. The smallest absolute Gasteiger partial charge is 0.240 e. The average Bonchev–Trinajstić information content (AvgIpc) is 2.26. The highest BCUT2D eigenvalue weighted by molar-refractivity contribution is 7.89. The van der Waals surface area contributed by atoms with Gasteiger partial charge in [-0.15, -0.1) is 0 Å². The highest BCUT2D eigenvalue weighted by Crippen LogP contribution is 2.10. The van der Waals surface area contributed by atoms with E-state index >= 15 is 0 Å². The van der Waals surface area contributed by atoms with Gasteiger partial charge in [-0.05, 0) is 30.5 Å². The van der Waals surface area contributed by atoms with Crippen LogP contribution in [0.3, 0.4) is 0 Å². The second-order valence-corrected chi connectivity index (χ2v) is 5.72. The standard InChI is InChI=1S/C11H17NO3S/c1-9-4-3-5-11(6-9)16(14,15)12-7-10(2)8-13/h3-6,10,12-13H,7-8H2,1-2H3. The summed E-state index contributed by atoms with van der Waals surface area (Å²) in [5, 5.41) is 8.81. The largest absolute Gasteiger partial charge is 0.396 e. The molecular formula is C11H17NO3S. The van der Waals surface area contributed by atoms with Gasteiger partial charge in [-0.1, -0.05) is 19.1 Å². The molecule has 4 nitrogen and oxygen atoms in total. The quantitative estimate of drug-likeness (QED) is 0.807. The molecule has 0 aromatic heterocycles. The maximum atomic E-state index is 11.8. The fraction of sp³-hybridized carbons (Fsp3) is 0.455. The molecule has 1 atom stereocenters. The van der Waals surface area contributed by atoms with Crippen LogP contribution in [-0.4, -0.2) is 26.7 Å². The van der Waals surface area contributed by atoms with Crippen LogP contribution in [0.2, 0.25) is 0 Å². The first-order valence-electron chi connectivity index (χ1n) is 5.13. The van der Waals surface area contributed by atoms with Crippen LogP contribution in [0, 0.1) is 12.8 Å². The first-order valence-corrected chi connectivity index (χ1v) is 6.61. The van der Waals surface area contributed by atoms with Gasteiger partial charge in [0.1, 0.15) is 0 Å². The van der Waals surface area contributed by atoms with Crippen LogP contribution in [0.5, 0.6) is 0 Å². The number of rotatable bonds is 5. The Kier molecular flexibility index (Phi) is 4.46. The Bertz CT molecular complexity index is 442. The molecule has 0 radical (unpaired) electrons. The fourth-order valence-corrected chi connectivity index (χ4v) is 2.45. The van der Waals surface area contributed by atoms with E-state index in [-0.39, 0.29) is 24.0 Å². The van der Waals surface area contributed by atoms with Crippen molar-refractivity contribution in [1.82, 2.24) is 4.72 Å². The normalized spacial score (nSPS) is 13.7. The van der Waals surface area contributed by atoms with E-state index in [1.807, 2.05) is 13.0 Å². The van der Waals surface area contributed by atoms with Crippen molar-refractivity contribution in [2.45, 2.75) is 18.7 Å². The molecule has 5 heteroatoms. The highest BCUT2D eigenvalue weighted by Gasteiger charge is 2.14. The highest BCUT2D eigenvalue weighted by atomic mass is 32.2. The van der Waals surface area contributed by atoms with E-state index in [4.69, 9.17) is 5.11 Å². The molecule has 2 N–H and O–H groups in total. The van der Waals surface area contributed by atoms with Crippen molar-refractivity contribution in [2.75, 3.05) is 13.2 Å². The number of aryl methyl sites for hydroxylation is 1. The number of sulfonamides is 1. The monoisotopic (exact) mass is 243 g/mol. The van der Waals surface area contributed by atoms with Gasteiger partial charge in [-0.3, -0.25) is 0 Å². The van der Waals surface area contributed by atoms with E-state index in [1.54, 1.807) is 25.1 Å². The van der Waals surface area contributed by atoms with Gasteiger partial charge in [-0.2, -0.15) is 0 Å². The number of benzene rings is 1. The first kappa shape index (κ1) is 13.2. The van der Waals surface area contributed by atoms with Crippen molar-refractivity contribution < 1.29 is 13.5 Å². The molecule has 1 aromatic rings. The lowest BCUT2D eigenvalue weighted by atomic mass is 10.2. The lowest BCUT2D eigenvalue weighted by molar-refractivity contribution is 0.238. The minimum atomic E-state index is -3.45. The molecule has 0 aliphatic heterocycles. The topological polar surface area (TPSA) is 66.4 Å².